The Hall–Kier alpha value is -0.160. The summed E-state index contributed by atoms with van der Waals surface area (Å²) < 4.78 is 0. The number of hydrogen-bond donors (Lipinski definition) is 1. The molecule has 0 heterocycles. The largest absolute Gasteiger partial charge is 0.303 e. The van der Waals surface area contributed by atoms with Crippen LogP contribution in [0.4, 0.5) is 0 Å². The molecule has 0 aliphatic heterocycles. The van der Waals surface area contributed by atoms with Crippen LogP contribution < -0.4 is 5.48 Å². The van der Waals surface area contributed by atoms with Crippen LogP contribution in [0, 0.1) is 0 Å². The Balaban J connectivity index is 4.05. The summed E-state index contributed by atoms with van der Waals surface area (Å²) in [6.45, 7) is 4.08. The van der Waals surface area contributed by atoms with Gasteiger partial charge in [0.05, 0.1) is 7.11 Å². The minimum atomic E-state index is -0.182. The highest BCUT2D eigenvalue weighted by molar-refractivity contribution is 4.68. The highest BCUT2D eigenvalue weighted by Crippen LogP contribution is 2.07. The number of nitrogens with one attached hydrogen (secondary N) is 1. The van der Waals surface area contributed by atoms with Gasteiger partial charge in [-0.3, -0.25) is 0 Å². The minimum absolute atomic E-state index is 0.182. The van der Waals surface area contributed by atoms with E-state index in [1.807, 2.05) is 45.0 Å². The van der Waals surface area contributed by atoms with Crippen LogP contribution >= 0.6 is 0 Å². The summed E-state index contributed by atoms with van der Waals surface area (Å²) in [6, 6.07) is 0. The Bertz CT molecular complexity index is 114. The van der Waals surface area contributed by atoms with E-state index >= 15 is 0 Å². The molecule has 0 atom stereocenters. The smallest absolute Gasteiger partial charge is 0.102 e. The summed E-state index contributed by atoms with van der Waals surface area (Å²) in [6.07, 6.45) is 0. The summed E-state index contributed by atoms with van der Waals surface area (Å²) in [5, 5.41) is 4.03. The van der Waals surface area contributed by atoms with Crippen LogP contribution in [0.15, 0.2) is 0 Å². The minimum Gasteiger partial charge on any atom is -0.303 e. The molecule has 0 aliphatic rings. The van der Waals surface area contributed by atoms with E-state index in [0.29, 0.717) is 0 Å². The quantitative estimate of drug-likeness (QED) is 0.473. The second kappa shape index (κ2) is 4.01. The third-order valence-electron chi connectivity index (χ3n) is 1.76. The van der Waals surface area contributed by atoms with E-state index < -0.39 is 0 Å². The summed E-state index contributed by atoms with van der Waals surface area (Å²) in [4.78, 5) is 4.86. The second-order valence-corrected chi connectivity index (χ2v) is 3.24. The van der Waals surface area contributed by atoms with E-state index in [-0.39, 0.29) is 5.66 Å². The molecular formula is C7H19N3O. The molecule has 11 heavy (non-hydrogen) atoms. The van der Waals surface area contributed by atoms with Gasteiger partial charge >= 0.3 is 0 Å². The highest BCUT2D eigenvalue weighted by Gasteiger charge is 2.24. The topological polar surface area (TPSA) is 27.7 Å². The number of hydrogen-bond acceptors (Lipinski definition) is 4. The molecule has 0 unspecified atom stereocenters. The van der Waals surface area contributed by atoms with Crippen molar-refractivity contribution in [3.05, 3.63) is 0 Å². The van der Waals surface area contributed by atoms with Gasteiger partial charge in [-0.25, -0.2) is 10.0 Å². The fourth-order valence-electron chi connectivity index (χ4n) is 0.816. The van der Waals surface area contributed by atoms with Crippen LogP contribution in [0.1, 0.15) is 13.8 Å². The van der Waals surface area contributed by atoms with Crippen molar-refractivity contribution in [2.45, 2.75) is 19.5 Å². The van der Waals surface area contributed by atoms with Crippen LogP contribution in [0.2, 0.25) is 0 Å². The molecular weight excluding hydrogens is 142 g/mol. The SMILES string of the molecule is CONC(C)(C)N(C)N(C)C. The summed E-state index contributed by atoms with van der Waals surface area (Å²) in [5.74, 6) is 0. The van der Waals surface area contributed by atoms with Crippen molar-refractivity contribution in [3.63, 3.8) is 0 Å². The molecule has 0 bridgehead atoms. The van der Waals surface area contributed by atoms with E-state index in [9.17, 15) is 0 Å². The molecule has 0 aliphatic carbocycles. The third kappa shape index (κ3) is 3.16. The average Bonchev–Trinajstić information content (AvgIpc) is 1.86. The van der Waals surface area contributed by atoms with Crippen LogP contribution in [-0.2, 0) is 4.84 Å². The van der Waals surface area contributed by atoms with E-state index in [0.717, 1.165) is 0 Å². The summed E-state index contributed by atoms with van der Waals surface area (Å²) in [5.41, 5.74) is 2.70. The van der Waals surface area contributed by atoms with E-state index in [4.69, 9.17) is 4.84 Å². The predicted octanol–water partition coefficient (Wildman–Crippen LogP) is 0.282. The molecule has 0 rings (SSSR count). The number of hydrazine groups is 1. The Kier molecular flexibility index (Phi) is 3.96. The second-order valence-electron chi connectivity index (χ2n) is 3.24. The Morgan fingerprint density at radius 2 is 1.64 bits per heavy atom. The van der Waals surface area contributed by atoms with Gasteiger partial charge < -0.3 is 4.84 Å². The molecule has 68 valence electrons. The predicted molar refractivity (Wildman–Crippen MR) is 45.7 cm³/mol. The standard InChI is InChI=1S/C7H19N3O/c1-7(2,8-11-6)10(5)9(3)4/h8H,1-6H3. The maximum absolute atomic E-state index is 4.86. The van der Waals surface area contributed by atoms with Gasteiger partial charge in [-0.2, -0.15) is 5.48 Å². The molecule has 4 nitrogen and oxygen atoms in total. The molecule has 0 spiro atoms. The molecule has 0 saturated heterocycles. The van der Waals surface area contributed by atoms with Crippen LogP contribution in [0.5, 0.6) is 0 Å². The molecule has 4 heteroatoms. The maximum atomic E-state index is 4.86. The van der Waals surface area contributed by atoms with Gasteiger partial charge in [-0.1, -0.05) is 0 Å². The molecule has 1 N–H and O–H groups in total. The highest BCUT2D eigenvalue weighted by atomic mass is 16.6. The first-order chi connectivity index (χ1) is 4.91. The lowest BCUT2D eigenvalue weighted by Gasteiger charge is -2.39. The van der Waals surface area contributed by atoms with E-state index in [1.54, 1.807) is 7.11 Å². The number of rotatable bonds is 4. The van der Waals surface area contributed by atoms with Gasteiger partial charge in [0.15, 0.2) is 0 Å². The first-order valence-electron chi connectivity index (χ1n) is 3.63. The molecule has 0 aromatic rings. The Morgan fingerprint density at radius 1 is 1.18 bits per heavy atom. The normalized spacial score (nSPS) is 13.1. The Labute approximate surface area is 69.0 Å². The van der Waals surface area contributed by atoms with Crippen molar-refractivity contribution in [2.75, 3.05) is 28.3 Å². The van der Waals surface area contributed by atoms with Gasteiger partial charge in [-0.15, -0.1) is 0 Å². The lowest BCUT2D eigenvalue weighted by atomic mass is 10.2. The fraction of sp³-hybridized carbons (Fsp3) is 1.00. The molecule has 0 aromatic heterocycles. The van der Waals surface area contributed by atoms with Gasteiger partial charge in [0.1, 0.15) is 5.66 Å². The van der Waals surface area contributed by atoms with Gasteiger partial charge in [0, 0.05) is 21.1 Å². The Morgan fingerprint density at radius 3 is 1.91 bits per heavy atom. The molecule has 0 radical (unpaired) electrons. The first-order valence-corrected chi connectivity index (χ1v) is 3.63. The van der Waals surface area contributed by atoms with Crippen molar-refractivity contribution in [1.29, 1.82) is 0 Å². The third-order valence-corrected chi connectivity index (χ3v) is 1.76. The van der Waals surface area contributed by atoms with E-state index in [1.165, 1.54) is 0 Å². The van der Waals surface area contributed by atoms with Crippen molar-refractivity contribution in [2.24, 2.45) is 0 Å². The van der Waals surface area contributed by atoms with Gasteiger partial charge in [0.25, 0.3) is 0 Å². The van der Waals surface area contributed by atoms with Crippen LogP contribution in [0.3, 0.4) is 0 Å². The number of nitrogens with zero attached hydrogens (tertiary/aromatic N) is 2. The number of hydroxylamine groups is 1. The zero-order chi connectivity index (χ0) is 9.07. The van der Waals surface area contributed by atoms with Crippen molar-refractivity contribution >= 4 is 0 Å². The summed E-state index contributed by atoms with van der Waals surface area (Å²) >= 11 is 0. The van der Waals surface area contributed by atoms with Crippen LogP contribution in [0.25, 0.3) is 0 Å². The zero-order valence-electron chi connectivity index (χ0n) is 8.30. The van der Waals surface area contributed by atoms with E-state index in [2.05, 4.69) is 5.48 Å². The maximum Gasteiger partial charge on any atom is 0.102 e. The molecule has 0 saturated carbocycles. The van der Waals surface area contributed by atoms with Crippen LogP contribution in [-0.4, -0.2) is 43.9 Å². The first kappa shape index (κ1) is 10.8. The molecule has 0 aromatic carbocycles. The van der Waals surface area contributed by atoms with Crippen molar-refractivity contribution in [3.8, 4) is 0 Å². The lowest BCUT2D eigenvalue weighted by Crippen LogP contribution is -2.57. The molecule has 0 amide bonds. The summed E-state index contributed by atoms with van der Waals surface area (Å²) in [7, 11) is 7.58. The lowest BCUT2D eigenvalue weighted by molar-refractivity contribution is -0.122. The molecule has 0 fully saturated rings. The van der Waals surface area contributed by atoms with Crippen molar-refractivity contribution in [1.82, 2.24) is 15.5 Å². The monoisotopic (exact) mass is 161 g/mol. The van der Waals surface area contributed by atoms with Gasteiger partial charge in [0.2, 0.25) is 0 Å². The van der Waals surface area contributed by atoms with Crippen molar-refractivity contribution < 1.29 is 4.84 Å². The fourth-order valence-corrected chi connectivity index (χ4v) is 0.816. The average molecular weight is 161 g/mol. The van der Waals surface area contributed by atoms with Gasteiger partial charge in [-0.05, 0) is 13.8 Å². The zero-order valence-corrected chi connectivity index (χ0v) is 8.30.